The van der Waals surface area contributed by atoms with Crippen LogP contribution in [0.3, 0.4) is 0 Å². The normalized spacial score (nSPS) is 10.6. The van der Waals surface area contributed by atoms with E-state index in [4.69, 9.17) is 0 Å². The smallest absolute Gasteiger partial charge is 0.288 e. The summed E-state index contributed by atoms with van der Waals surface area (Å²) in [6.45, 7) is 1.90. The van der Waals surface area contributed by atoms with Crippen LogP contribution in [0.25, 0.3) is 0 Å². The van der Waals surface area contributed by atoms with Gasteiger partial charge in [0.25, 0.3) is 11.7 Å². The lowest BCUT2D eigenvalue weighted by Gasteiger charge is -2.06. The first kappa shape index (κ1) is 14.5. The molecule has 0 spiro atoms. The minimum atomic E-state index is -2.47. The maximum atomic E-state index is 12.2. The van der Waals surface area contributed by atoms with Crippen LogP contribution in [-0.4, -0.2) is 16.6 Å². The summed E-state index contributed by atoms with van der Waals surface area (Å²) in [6, 6.07) is 9.58. The Balaban J connectivity index is 2.06. The SMILES string of the molecule is Cc1ccnc(NC(=O)c2ccc(SC(F)F)cc2)c1. The first-order valence-corrected chi connectivity index (χ1v) is 6.71. The van der Waals surface area contributed by atoms with E-state index >= 15 is 0 Å². The zero-order chi connectivity index (χ0) is 14.5. The topological polar surface area (TPSA) is 42.0 Å². The fraction of sp³-hybridized carbons (Fsp3) is 0.143. The zero-order valence-electron chi connectivity index (χ0n) is 10.6. The molecule has 0 atom stereocenters. The lowest BCUT2D eigenvalue weighted by Crippen LogP contribution is -2.12. The van der Waals surface area contributed by atoms with Crippen molar-refractivity contribution in [1.82, 2.24) is 4.98 Å². The van der Waals surface area contributed by atoms with Gasteiger partial charge in [0, 0.05) is 16.7 Å². The van der Waals surface area contributed by atoms with Gasteiger partial charge in [-0.1, -0.05) is 11.8 Å². The molecule has 0 bridgehead atoms. The highest BCUT2D eigenvalue weighted by molar-refractivity contribution is 7.99. The van der Waals surface area contributed by atoms with E-state index in [2.05, 4.69) is 10.3 Å². The monoisotopic (exact) mass is 294 g/mol. The zero-order valence-corrected chi connectivity index (χ0v) is 11.5. The van der Waals surface area contributed by atoms with Crippen LogP contribution in [0.4, 0.5) is 14.6 Å². The van der Waals surface area contributed by atoms with E-state index in [0.717, 1.165) is 5.56 Å². The molecule has 0 radical (unpaired) electrons. The molecule has 6 heteroatoms. The van der Waals surface area contributed by atoms with Crippen LogP contribution in [0.15, 0.2) is 47.5 Å². The molecule has 0 unspecified atom stereocenters. The molecule has 20 heavy (non-hydrogen) atoms. The van der Waals surface area contributed by atoms with E-state index in [9.17, 15) is 13.6 Å². The van der Waals surface area contributed by atoms with Gasteiger partial charge >= 0.3 is 0 Å². The predicted molar refractivity (Wildman–Crippen MR) is 75.2 cm³/mol. The Morgan fingerprint density at radius 1 is 1.25 bits per heavy atom. The van der Waals surface area contributed by atoms with Gasteiger partial charge in [0.1, 0.15) is 5.82 Å². The summed E-state index contributed by atoms with van der Waals surface area (Å²) in [5.41, 5.74) is 1.38. The third-order valence-electron chi connectivity index (χ3n) is 2.50. The summed E-state index contributed by atoms with van der Waals surface area (Å²) < 4.78 is 24.4. The van der Waals surface area contributed by atoms with E-state index in [-0.39, 0.29) is 5.91 Å². The summed E-state index contributed by atoms with van der Waals surface area (Å²) in [4.78, 5) is 16.4. The summed E-state index contributed by atoms with van der Waals surface area (Å²) in [7, 11) is 0. The van der Waals surface area contributed by atoms with Crippen molar-refractivity contribution in [3.05, 3.63) is 53.7 Å². The number of nitrogens with zero attached hydrogens (tertiary/aromatic N) is 1. The Bertz CT molecular complexity index is 602. The number of hydrogen-bond donors (Lipinski definition) is 1. The van der Waals surface area contributed by atoms with Gasteiger partial charge in [0.15, 0.2) is 0 Å². The number of halogens is 2. The van der Waals surface area contributed by atoms with Crippen molar-refractivity contribution in [1.29, 1.82) is 0 Å². The van der Waals surface area contributed by atoms with Crippen molar-refractivity contribution >= 4 is 23.5 Å². The Labute approximate surface area is 119 Å². The third kappa shape index (κ3) is 4.03. The standard InChI is InChI=1S/C14H12F2N2OS/c1-9-6-7-17-12(8-9)18-13(19)10-2-4-11(5-3-10)20-14(15)16/h2-8,14H,1H3,(H,17,18,19). The Morgan fingerprint density at radius 3 is 2.55 bits per heavy atom. The quantitative estimate of drug-likeness (QED) is 0.868. The van der Waals surface area contributed by atoms with Gasteiger partial charge < -0.3 is 5.32 Å². The van der Waals surface area contributed by atoms with Gasteiger partial charge in [0.2, 0.25) is 0 Å². The lowest BCUT2D eigenvalue weighted by molar-refractivity contribution is 0.102. The number of carbonyl (C=O) groups is 1. The van der Waals surface area contributed by atoms with Crippen molar-refractivity contribution in [3.63, 3.8) is 0 Å². The number of rotatable bonds is 4. The largest absolute Gasteiger partial charge is 0.307 e. The van der Waals surface area contributed by atoms with Crippen LogP contribution in [0, 0.1) is 6.92 Å². The number of carbonyl (C=O) groups excluding carboxylic acids is 1. The predicted octanol–water partition coefficient (Wildman–Crippen LogP) is 3.96. The van der Waals surface area contributed by atoms with Crippen LogP contribution in [0.2, 0.25) is 0 Å². The van der Waals surface area contributed by atoms with Gasteiger partial charge in [0.05, 0.1) is 0 Å². The van der Waals surface area contributed by atoms with E-state index in [1.54, 1.807) is 12.3 Å². The second kappa shape index (κ2) is 6.47. The van der Waals surface area contributed by atoms with Crippen molar-refractivity contribution in [2.24, 2.45) is 0 Å². The first-order valence-electron chi connectivity index (χ1n) is 5.83. The molecule has 104 valence electrons. The van der Waals surface area contributed by atoms with Crippen LogP contribution < -0.4 is 5.32 Å². The van der Waals surface area contributed by atoms with Crippen LogP contribution in [0.1, 0.15) is 15.9 Å². The van der Waals surface area contributed by atoms with Crippen molar-refractivity contribution < 1.29 is 13.6 Å². The minimum absolute atomic E-state index is 0.323. The molecule has 0 aliphatic rings. The molecular formula is C14H12F2N2OS. The van der Waals surface area contributed by atoms with Crippen molar-refractivity contribution in [3.8, 4) is 0 Å². The van der Waals surface area contributed by atoms with Crippen LogP contribution >= 0.6 is 11.8 Å². The molecule has 1 amide bonds. The van der Waals surface area contributed by atoms with E-state index in [1.807, 2.05) is 13.0 Å². The van der Waals surface area contributed by atoms with Gasteiger partial charge in [-0.25, -0.2) is 4.98 Å². The summed E-state index contributed by atoms with van der Waals surface area (Å²) in [5.74, 6) is -2.33. The molecule has 2 rings (SSSR count). The molecule has 1 aromatic carbocycles. The molecule has 1 N–H and O–H groups in total. The Hall–Kier alpha value is -1.95. The number of amides is 1. The molecule has 0 saturated carbocycles. The second-order valence-corrected chi connectivity index (χ2v) is 5.14. The fourth-order valence-corrected chi connectivity index (χ4v) is 2.08. The molecule has 0 fully saturated rings. The molecule has 1 heterocycles. The van der Waals surface area contributed by atoms with Crippen molar-refractivity contribution in [2.75, 3.05) is 5.32 Å². The molecule has 3 nitrogen and oxygen atoms in total. The minimum Gasteiger partial charge on any atom is -0.307 e. The second-order valence-electron chi connectivity index (χ2n) is 4.08. The summed E-state index contributed by atoms with van der Waals surface area (Å²) in [6.07, 6.45) is 1.60. The highest BCUT2D eigenvalue weighted by Gasteiger charge is 2.09. The van der Waals surface area contributed by atoms with E-state index < -0.39 is 5.76 Å². The highest BCUT2D eigenvalue weighted by atomic mass is 32.2. The van der Waals surface area contributed by atoms with Gasteiger partial charge in [-0.2, -0.15) is 8.78 Å². The summed E-state index contributed by atoms with van der Waals surface area (Å²) >= 11 is 0.447. The number of benzene rings is 1. The third-order valence-corrected chi connectivity index (χ3v) is 3.22. The number of thioether (sulfide) groups is 1. The first-order chi connectivity index (χ1) is 9.54. The average Bonchev–Trinajstić information content (AvgIpc) is 2.38. The maximum absolute atomic E-state index is 12.2. The molecule has 0 saturated heterocycles. The lowest BCUT2D eigenvalue weighted by atomic mass is 10.2. The highest BCUT2D eigenvalue weighted by Crippen LogP contribution is 2.25. The number of alkyl halides is 2. The number of aryl methyl sites for hydroxylation is 1. The fourth-order valence-electron chi connectivity index (χ4n) is 1.58. The van der Waals surface area contributed by atoms with E-state index in [0.29, 0.717) is 28.0 Å². The van der Waals surface area contributed by atoms with Gasteiger partial charge in [-0.3, -0.25) is 4.79 Å². The molecule has 1 aromatic heterocycles. The number of aromatic nitrogens is 1. The molecule has 0 aliphatic heterocycles. The number of nitrogens with one attached hydrogen (secondary N) is 1. The Morgan fingerprint density at radius 2 is 1.95 bits per heavy atom. The molecule has 0 aliphatic carbocycles. The summed E-state index contributed by atoms with van der Waals surface area (Å²) in [5, 5.41) is 2.65. The van der Waals surface area contributed by atoms with Crippen molar-refractivity contribution in [2.45, 2.75) is 17.6 Å². The molecule has 2 aromatic rings. The average molecular weight is 294 g/mol. The van der Waals surface area contributed by atoms with E-state index in [1.165, 1.54) is 24.3 Å². The van der Waals surface area contributed by atoms with Crippen LogP contribution in [0.5, 0.6) is 0 Å². The molecular weight excluding hydrogens is 282 g/mol. The Kier molecular flexibility index (Phi) is 4.68. The maximum Gasteiger partial charge on any atom is 0.288 e. The van der Waals surface area contributed by atoms with Gasteiger partial charge in [-0.15, -0.1) is 0 Å². The number of anilines is 1. The number of pyridine rings is 1. The van der Waals surface area contributed by atoms with Crippen LogP contribution in [-0.2, 0) is 0 Å². The van der Waals surface area contributed by atoms with Gasteiger partial charge in [-0.05, 0) is 48.9 Å². The number of hydrogen-bond acceptors (Lipinski definition) is 3.